The quantitative estimate of drug-likeness (QED) is 0.312. The summed E-state index contributed by atoms with van der Waals surface area (Å²) in [5.41, 5.74) is 3.53. The fraction of sp³-hybridized carbons (Fsp3) is 0.407. The van der Waals surface area contributed by atoms with Crippen LogP contribution in [-0.2, 0) is 17.7 Å². The number of nitrogens with zero attached hydrogens (tertiary/aromatic N) is 4. The van der Waals surface area contributed by atoms with Gasteiger partial charge in [-0.1, -0.05) is 6.07 Å². The van der Waals surface area contributed by atoms with Gasteiger partial charge in [-0.3, -0.25) is 4.79 Å². The first-order valence-electron chi connectivity index (χ1n) is 12.1. The topological polar surface area (TPSA) is 95.8 Å². The van der Waals surface area contributed by atoms with Crippen molar-refractivity contribution < 1.29 is 23.8 Å². The van der Waals surface area contributed by atoms with Crippen LogP contribution in [-0.4, -0.2) is 60.4 Å². The maximum absolute atomic E-state index is 12.9. The summed E-state index contributed by atoms with van der Waals surface area (Å²) in [7, 11) is 3.22. The zero-order chi connectivity index (χ0) is 25.7. The lowest BCUT2D eigenvalue weighted by Gasteiger charge is -2.15. The zero-order valence-electron chi connectivity index (χ0n) is 21.2. The SMILES string of the molecule is COc1ccc(CCn2c(C)cc(C(=O)COC(=O)c3ccc(N4CCCC4)nn3)c2C)cc1OC. The third-order valence-electron chi connectivity index (χ3n) is 6.57. The molecule has 4 rings (SSSR count). The first-order valence-corrected chi connectivity index (χ1v) is 12.1. The van der Waals surface area contributed by atoms with E-state index < -0.39 is 5.97 Å². The van der Waals surface area contributed by atoms with Gasteiger partial charge in [0.15, 0.2) is 29.6 Å². The third-order valence-corrected chi connectivity index (χ3v) is 6.57. The van der Waals surface area contributed by atoms with Crippen LogP contribution in [0.25, 0.3) is 0 Å². The van der Waals surface area contributed by atoms with E-state index in [9.17, 15) is 9.59 Å². The molecule has 1 aliphatic rings. The van der Waals surface area contributed by atoms with E-state index in [1.54, 1.807) is 26.4 Å². The largest absolute Gasteiger partial charge is 0.493 e. The molecule has 3 aromatic rings. The van der Waals surface area contributed by atoms with Crippen molar-refractivity contribution in [3.05, 3.63) is 64.6 Å². The van der Waals surface area contributed by atoms with Crippen LogP contribution >= 0.6 is 0 Å². The van der Waals surface area contributed by atoms with E-state index in [1.165, 1.54) is 0 Å². The van der Waals surface area contributed by atoms with Gasteiger partial charge in [-0.05, 0) is 69.0 Å². The molecule has 0 saturated carbocycles. The summed E-state index contributed by atoms with van der Waals surface area (Å²) in [6.07, 6.45) is 3.01. The van der Waals surface area contributed by atoms with E-state index in [1.807, 2.05) is 38.1 Å². The number of esters is 1. The molecule has 9 heteroatoms. The van der Waals surface area contributed by atoms with Crippen molar-refractivity contribution in [2.45, 2.75) is 39.7 Å². The maximum atomic E-state index is 12.9. The van der Waals surface area contributed by atoms with Crippen LogP contribution in [0.4, 0.5) is 5.82 Å². The molecule has 0 spiro atoms. The number of hydrogen-bond acceptors (Lipinski definition) is 8. The molecule has 36 heavy (non-hydrogen) atoms. The smallest absolute Gasteiger partial charge is 0.359 e. The number of aryl methyl sites for hydroxylation is 2. The molecule has 3 heterocycles. The average molecular weight is 493 g/mol. The van der Waals surface area contributed by atoms with Crippen LogP contribution in [0.1, 0.15) is 50.6 Å². The fourth-order valence-electron chi connectivity index (χ4n) is 4.54. The molecule has 1 aliphatic heterocycles. The second-order valence-corrected chi connectivity index (χ2v) is 8.85. The Balaban J connectivity index is 1.35. The van der Waals surface area contributed by atoms with Gasteiger partial charge in [-0.25, -0.2) is 4.79 Å². The summed E-state index contributed by atoms with van der Waals surface area (Å²) in [5.74, 6) is 1.21. The fourth-order valence-corrected chi connectivity index (χ4v) is 4.54. The van der Waals surface area contributed by atoms with Crippen LogP contribution < -0.4 is 14.4 Å². The first-order chi connectivity index (χ1) is 17.4. The molecular formula is C27H32N4O5. The Morgan fingerprint density at radius 1 is 0.944 bits per heavy atom. The second kappa shape index (κ2) is 11.2. The van der Waals surface area contributed by atoms with Crippen molar-refractivity contribution in [2.24, 2.45) is 0 Å². The van der Waals surface area contributed by atoms with Gasteiger partial charge in [-0.2, -0.15) is 0 Å². The van der Waals surface area contributed by atoms with E-state index in [2.05, 4.69) is 19.7 Å². The summed E-state index contributed by atoms with van der Waals surface area (Å²) < 4.78 is 18.0. The van der Waals surface area contributed by atoms with Crippen LogP contribution in [0.3, 0.4) is 0 Å². The van der Waals surface area contributed by atoms with E-state index in [0.717, 1.165) is 55.1 Å². The molecule has 1 fully saturated rings. The molecule has 1 aromatic carbocycles. The van der Waals surface area contributed by atoms with Gasteiger partial charge in [0.1, 0.15) is 0 Å². The van der Waals surface area contributed by atoms with Gasteiger partial charge in [-0.15, -0.1) is 10.2 Å². The van der Waals surface area contributed by atoms with Crippen LogP contribution in [0.5, 0.6) is 11.5 Å². The lowest BCUT2D eigenvalue weighted by Crippen LogP contribution is -2.20. The Labute approximate surface area is 211 Å². The zero-order valence-corrected chi connectivity index (χ0v) is 21.2. The van der Waals surface area contributed by atoms with E-state index >= 15 is 0 Å². The molecule has 0 aliphatic carbocycles. The molecule has 0 bridgehead atoms. The van der Waals surface area contributed by atoms with Crippen molar-refractivity contribution in [1.29, 1.82) is 0 Å². The number of rotatable bonds is 10. The molecule has 0 amide bonds. The molecular weight excluding hydrogens is 460 g/mol. The van der Waals surface area contributed by atoms with Gasteiger partial charge in [0.05, 0.1) is 14.2 Å². The lowest BCUT2D eigenvalue weighted by atomic mass is 10.1. The lowest BCUT2D eigenvalue weighted by molar-refractivity contribution is 0.0467. The summed E-state index contributed by atoms with van der Waals surface area (Å²) in [6, 6.07) is 11.0. The number of carbonyl (C=O) groups is 2. The second-order valence-electron chi connectivity index (χ2n) is 8.85. The molecule has 190 valence electrons. The summed E-state index contributed by atoms with van der Waals surface area (Å²) in [4.78, 5) is 27.4. The van der Waals surface area contributed by atoms with Crippen molar-refractivity contribution in [3.63, 3.8) is 0 Å². The Kier molecular flexibility index (Phi) is 7.87. The molecule has 2 aromatic heterocycles. The molecule has 1 saturated heterocycles. The Morgan fingerprint density at radius 3 is 2.36 bits per heavy atom. The number of ether oxygens (including phenoxy) is 3. The highest BCUT2D eigenvalue weighted by molar-refractivity contribution is 6.00. The number of aromatic nitrogens is 3. The van der Waals surface area contributed by atoms with Gasteiger partial charge >= 0.3 is 5.97 Å². The molecule has 0 atom stereocenters. The molecule has 0 N–H and O–H groups in total. The monoisotopic (exact) mass is 492 g/mol. The normalized spacial score (nSPS) is 13.1. The van der Waals surface area contributed by atoms with Crippen molar-refractivity contribution in [1.82, 2.24) is 14.8 Å². The van der Waals surface area contributed by atoms with Gasteiger partial charge in [0.2, 0.25) is 5.78 Å². The Bertz CT molecular complexity index is 1230. The number of carbonyl (C=O) groups excluding carboxylic acids is 2. The molecule has 0 unspecified atom stereocenters. The van der Waals surface area contributed by atoms with Crippen LogP contribution in [0.2, 0.25) is 0 Å². The van der Waals surface area contributed by atoms with Crippen LogP contribution in [0, 0.1) is 13.8 Å². The maximum Gasteiger partial charge on any atom is 0.359 e. The van der Waals surface area contributed by atoms with Gasteiger partial charge in [0.25, 0.3) is 0 Å². The van der Waals surface area contributed by atoms with E-state index in [0.29, 0.717) is 23.6 Å². The Morgan fingerprint density at radius 2 is 1.69 bits per heavy atom. The average Bonchev–Trinajstić information content (AvgIpc) is 3.54. The highest BCUT2D eigenvalue weighted by atomic mass is 16.5. The Hall–Kier alpha value is -3.88. The highest BCUT2D eigenvalue weighted by Crippen LogP contribution is 2.28. The number of ketones is 1. The standard InChI is InChI=1S/C27H32N4O5/c1-18-15-21(19(2)31(18)14-11-20-7-9-24(34-3)25(16-20)35-4)23(32)17-36-27(33)22-8-10-26(29-28-22)30-12-5-6-13-30/h7-10,15-16H,5-6,11-14,17H2,1-4H3. The predicted molar refractivity (Wildman–Crippen MR) is 135 cm³/mol. The molecule has 9 nitrogen and oxygen atoms in total. The predicted octanol–water partition coefficient (Wildman–Crippen LogP) is 3.79. The number of methoxy groups -OCH3 is 2. The third kappa shape index (κ3) is 5.50. The number of anilines is 1. The summed E-state index contributed by atoms with van der Waals surface area (Å²) >= 11 is 0. The minimum Gasteiger partial charge on any atom is -0.493 e. The van der Waals surface area contributed by atoms with Gasteiger partial charge in [0, 0.05) is 36.6 Å². The first kappa shape index (κ1) is 25.2. The minimum atomic E-state index is -0.661. The highest BCUT2D eigenvalue weighted by Gasteiger charge is 2.20. The van der Waals surface area contributed by atoms with Crippen molar-refractivity contribution >= 4 is 17.6 Å². The van der Waals surface area contributed by atoms with E-state index in [4.69, 9.17) is 14.2 Å². The minimum absolute atomic E-state index is 0.0890. The van der Waals surface area contributed by atoms with Crippen molar-refractivity contribution in [3.8, 4) is 11.5 Å². The van der Waals surface area contributed by atoms with Gasteiger partial charge < -0.3 is 23.7 Å². The number of benzene rings is 1. The number of hydrogen-bond donors (Lipinski definition) is 0. The van der Waals surface area contributed by atoms with E-state index in [-0.39, 0.29) is 18.1 Å². The van der Waals surface area contributed by atoms with Crippen molar-refractivity contribution in [2.75, 3.05) is 38.8 Å². The number of Topliss-reactive ketones (excluding diaryl/α,β-unsaturated/α-hetero) is 1. The summed E-state index contributed by atoms with van der Waals surface area (Å²) in [5, 5.41) is 8.12. The van der Waals surface area contributed by atoms with Crippen LogP contribution in [0.15, 0.2) is 36.4 Å². The molecule has 0 radical (unpaired) electrons. The summed E-state index contributed by atoms with van der Waals surface area (Å²) in [6.45, 7) is 6.09.